The summed E-state index contributed by atoms with van der Waals surface area (Å²) in [5.74, 6) is -0.189. The van der Waals surface area contributed by atoms with Gasteiger partial charge in [-0.3, -0.25) is 0 Å². The van der Waals surface area contributed by atoms with Gasteiger partial charge < -0.3 is 4.74 Å². The molecule has 0 saturated carbocycles. The molecule has 0 amide bonds. The van der Waals surface area contributed by atoms with Gasteiger partial charge in [0.2, 0.25) is 0 Å². The van der Waals surface area contributed by atoms with Gasteiger partial charge in [-0.15, -0.1) is 0 Å². The van der Waals surface area contributed by atoms with E-state index in [0.29, 0.717) is 5.57 Å². The van der Waals surface area contributed by atoms with Gasteiger partial charge in [-0.05, 0) is 26.7 Å². The van der Waals surface area contributed by atoms with Gasteiger partial charge in [0.25, 0.3) is 0 Å². The highest BCUT2D eigenvalue weighted by Crippen LogP contribution is 2.06. The molecule has 0 heterocycles. The predicted molar refractivity (Wildman–Crippen MR) is 49.9 cm³/mol. The molecule has 0 spiro atoms. The molecular formula is C10H18O2. The van der Waals surface area contributed by atoms with Crippen LogP contribution in [0.1, 0.15) is 40.5 Å². The van der Waals surface area contributed by atoms with Crippen molar-refractivity contribution in [1.29, 1.82) is 0 Å². The first-order valence-electron chi connectivity index (χ1n) is 4.49. The SMILES string of the molecule is C/C=C(\C)C(=O)OC(CC)CC. The Morgan fingerprint density at radius 3 is 2.25 bits per heavy atom. The average Bonchev–Trinajstić information content (AvgIpc) is 2.12. The van der Waals surface area contributed by atoms with E-state index in [9.17, 15) is 4.79 Å². The lowest BCUT2D eigenvalue weighted by Gasteiger charge is -2.13. The van der Waals surface area contributed by atoms with E-state index in [4.69, 9.17) is 4.74 Å². The molecule has 0 N–H and O–H groups in total. The van der Waals surface area contributed by atoms with Crippen molar-refractivity contribution in [2.24, 2.45) is 0 Å². The molecular weight excluding hydrogens is 152 g/mol. The minimum atomic E-state index is -0.189. The molecule has 0 radical (unpaired) electrons. The van der Waals surface area contributed by atoms with Gasteiger partial charge in [-0.1, -0.05) is 19.9 Å². The fourth-order valence-electron chi connectivity index (χ4n) is 0.818. The molecule has 0 aliphatic carbocycles. The van der Waals surface area contributed by atoms with E-state index in [-0.39, 0.29) is 12.1 Å². The molecule has 0 aromatic carbocycles. The van der Waals surface area contributed by atoms with Crippen molar-refractivity contribution >= 4 is 5.97 Å². The van der Waals surface area contributed by atoms with E-state index >= 15 is 0 Å². The number of allylic oxidation sites excluding steroid dienone is 1. The normalized spacial score (nSPS) is 11.9. The fraction of sp³-hybridized carbons (Fsp3) is 0.700. The van der Waals surface area contributed by atoms with Crippen LogP contribution in [0.25, 0.3) is 0 Å². The van der Waals surface area contributed by atoms with Crippen LogP contribution in [-0.4, -0.2) is 12.1 Å². The Labute approximate surface area is 74.6 Å². The monoisotopic (exact) mass is 170 g/mol. The third kappa shape index (κ3) is 3.56. The summed E-state index contributed by atoms with van der Waals surface area (Å²) in [5.41, 5.74) is 0.682. The van der Waals surface area contributed by atoms with Gasteiger partial charge in [-0.25, -0.2) is 4.79 Å². The molecule has 2 nitrogen and oxygen atoms in total. The summed E-state index contributed by atoms with van der Waals surface area (Å²) in [6.45, 7) is 7.65. The van der Waals surface area contributed by atoms with Crippen LogP contribution in [0.3, 0.4) is 0 Å². The van der Waals surface area contributed by atoms with Crippen LogP contribution >= 0.6 is 0 Å². The minimum absolute atomic E-state index is 0.0763. The van der Waals surface area contributed by atoms with E-state index in [1.165, 1.54) is 0 Å². The molecule has 0 atom stereocenters. The second-order valence-electron chi connectivity index (χ2n) is 2.82. The number of ether oxygens (including phenoxy) is 1. The van der Waals surface area contributed by atoms with Gasteiger partial charge in [-0.2, -0.15) is 0 Å². The van der Waals surface area contributed by atoms with Crippen molar-refractivity contribution in [1.82, 2.24) is 0 Å². The highest BCUT2D eigenvalue weighted by atomic mass is 16.5. The van der Waals surface area contributed by atoms with Crippen molar-refractivity contribution in [2.75, 3.05) is 0 Å². The van der Waals surface area contributed by atoms with Gasteiger partial charge >= 0.3 is 5.97 Å². The molecule has 0 aromatic rings. The Hall–Kier alpha value is -0.790. The van der Waals surface area contributed by atoms with Crippen LogP contribution in [0, 0.1) is 0 Å². The summed E-state index contributed by atoms with van der Waals surface area (Å²) in [6, 6.07) is 0. The molecule has 0 aromatic heterocycles. The lowest BCUT2D eigenvalue weighted by molar-refractivity contribution is -0.144. The number of carbonyl (C=O) groups excluding carboxylic acids is 1. The predicted octanol–water partition coefficient (Wildman–Crippen LogP) is 2.68. The van der Waals surface area contributed by atoms with E-state index in [1.54, 1.807) is 13.0 Å². The van der Waals surface area contributed by atoms with Crippen LogP contribution in [0.5, 0.6) is 0 Å². The van der Waals surface area contributed by atoms with E-state index < -0.39 is 0 Å². The second kappa shape index (κ2) is 5.81. The number of rotatable bonds is 4. The van der Waals surface area contributed by atoms with Gasteiger partial charge in [0.05, 0.1) is 0 Å². The second-order valence-corrected chi connectivity index (χ2v) is 2.82. The largest absolute Gasteiger partial charge is 0.459 e. The molecule has 0 aliphatic heterocycles. The highest BCUT2D eigenvalue weighted by molar-refractivity contribution is 5.87. The van der Waals surface area contributed by atoms with Crippen molar-refractivity contribution < 1.29 is 9.53 Å². The summed E-state index contributed by atoms with van der Waals surface area (Å²) in [6.07, 6.45) is 3.62. The van der Waals surface area contributed by atoms with Crippen molar-refractivity contribution in [3.63, 3.8) is 0 Å². The zero-order chi connectivity index (χ0) is 9.56. The maximum Gasteiger partial charge on any atom is 0.333 e. The lowest BCUT2D eigenvalue weighted by Crippen LogP contribution is -2.16. The Morgan fingerprint density at radius 2 is 1.92 bits per heavy atom. The first-order chi connectivity index (χ1) is 5.65. The van der Waals surface area contributed by atoms with Crippen LogP contribution < -0.4 is 0 Å². The molecule has 2 heteroatoms. The smallest absolute Gasteiger partial charge is 0.333 e. The number of hydrogen-bond acceptors (Lipinski definition) is 2. The molecule has 0 saturated heterocycles. The van der Waals surface area contributed by atoms with Gasteiger partial charge in [0.1, 0.15) is 6.10 Å². The third-order valence-corrected chi connectivity index (χ3v) is 1.94. The number of esters is 1. The van der Waals surface area contributed by atoms with Crippen molar-refractivity contribution in [3.05, 3.63) is 11.6 Å². The lowest BCUT2D eigenvalue weighted by atomic mass is 10.2. The standard InChI is InChI=1S/C10H18O2/c1-5-8(4)10(11)12-9(6-2)7-3/h5,9H,6-7H2,1-4H3/b8-5+. The van der Waals surface area contributed by atoms with E-state index in [1.807, 2.05) is 20.8 Å². The van der Waals surface area contributed by atoms with Crippen LogP contribution in [0.2, 0.25) is 0 Å². The van der Waals surface area contributed by atoms with Crippen LogP contribution in [0.4, 0.5) is 0 Å². The van der Waals surface area contributed by atoms with Crippen LogP contribution in [0.15, 0.2) is 11.6 Å². The third-order valence-electron chi connectivity index (χ3n) is 1.94. The fourth-order valence-corrected chi connectivity index (χ4v) is 0.818. The Kier molecular flexibility index (Phi) is 5.43. The van der Waals surface area contributed by atoms with Gasteiger partial charge in [0, 0.05) is 5.57 Å². The molecule has 0 bridgehead atoms. The van der Waals surface area contributed by atoms with Crippen molar-refractivity contribution in [2.45, 2.75) is 46.6 Å². The Balaban J connectivity index is 3.98. The molecule has 0 unspecified atom stereocenters. The summed E-state index contributed by atoms with van der Waals surface area (Å²) in [4.78, 5) is 11.2. The zero-order valence-corrected chi connectivity index (χ0v) is 8.39. The number of hydrogen-bond donors (Lipinski definition) is 0. The summed E-state index contributed by atoms with van der Waals surface area (Å²) in [5, 5.41) is 0. The first-order valence-corrected chi connectivity index (χ1v) is 4.49. The summed E-state index contributed by atoms with van der Waals surface area (Å²) < 4.78 is 5.19. The zero-order valence-electron chi connectivity index (χ0n) is 8.39. The van der Waals surface area contributed by atoms with Crippen molar-refractivity contribution in [3.8, 4) is 0 Å². The quantitative estimate of drug-likeness (QED) is 0.479. The maximum atomic E-state index is 11.2. The number of carbonyl (C=O) groups is 1. The average molecular weight is 170 g/mol. The Bertz CT molecular complexity index is 167. The molecule has 70 valence electrons. The highest BCUT2D eigenvalue weighted by Gasteiger charge is 2.10. The van der Waals surface area contributed by atoms with E-state index in [2.05, 4.69) is 0 Å². The minimum Gasteiger partial charge on any atom is -0.459 e. The maximum absolute atomic E-state index is 11.2. The van der Waals surface area contributed by atoms with E-state index in [0.717, 1.165) is 12.8 Å². The van der Waals surface area contributed by atoms with Crippen LogP contribution in [-0.2, 0) is 9.53 Å². The molecule has 12 heavy (non-hydrogen) atoms. The Morgan fingerprint density at radius 1 is 1.42 bits per heavy atom. The molecule has 0 aliphatic rings. The molecule has 0 fully saturated rings. The topological polar surface area (TPSA) is 26.3 Å². The van der Waals surface area contributed by atoms with Gasteiger partial charge in [0.15, 0.2) is 0 Å². The first kappa shape index (κ1) is 11.2. The summed E-state index contributed by atoms with van der Waals surface area (Å²) in [7, 11) is 0. The molecule has 0 rings (SSSR count). The summed E-state index contributed by atoms with van der Waals surface area (Å²) >= 11 is 0.